The molecule has 2 aromatic rings. The van der Waals surface area contributed by atoms with Crippen molar-refractivity contribution in [2.75, 3.05) is 32.2 Å². The summed E-state index contributed by atoms with van der Waals surface area (Å²) in [5.74, 6) is 1.91. The third-order valence-corrected chi connectivity index (χ3v) is 4.19. The van der Waals surface area contributed by atoms with E-state index >= 15 is 0 Å². The van der Waals surface area contributed by atoms with Gasteiger partial charge < -0.3 is 18.9 Å². The Hall–Kier alpha value is -1.99. The molecule has 7 heteroatoms. The largest absolute Gasteiger partial charge is 0.378 e. The zero-order chi connectivity index (χ0) is 16.8. The fourth-order valence-corrected chi connectivity index (χ4v) is 2.78. The summed E-state index contributed by atoms with van der Waals surface area (Å²) in [7, 11) is 3.65. The third kappa shape index (κ3) is 4.30. The standard InChI is InChI=1S/C17H24N4O3/c1-21(9-8-14-5-3-4-10-23-14)16-7-6-13(11-18-16)17-19-15(12-22-2)20-24-17/h6-7,11,14H,3-5,8-10,12H2,1-2H3. The number of anilines is 1. The van der Waals surface area contributed by atoms with Crippen LogP contribution in [0.1, 0.15) is 31.5 Å². The number of hydrogen-bond acceptors (Lipinski definition) is 7. The second-order valence-electron chi connectivity index (χ2n) is 6.05. The van der Waals surface area contributed by atoms with Gasteiger partial charge in [0.2, 0.25) is 0 Å². The van der Waals surface area contributed by atoms with E-state index in [9.17, 15) is 0 Å². The molecule has 0 radical (unpaired) electrons. The number of nitrogens with zero attached hydrogens (tertiary/aromatic N) is 4. The van der Waals surface area contributed by atoms with Crippen molar-refractivity contribution in [3.05, 3.63) is 24.2 Å². The van der Waals surface area contributed by atoms with Crippen molar-refractivity contribution in [3.63, 3.8) is 0 Å². The summed E-state index contributed by atoms with van der Waals surface area (Å²) in [6, 6.07) is 3.91. The van der Waals surface area contributed by atoms with Crippen molar-refractivity contribution in [2.45, 2.75) is 38.4 Å². The van der Waals surface area contributed by atoms with Crippen LogP contribution in [0, 0.1) is 0 Å². The van der Waals surface area contributed by atoms with E-state index in [1.165, 1.54) is 19.3 Å². The highest BCUT2D eigenvalue weighted by Crippen LogP contribution is 2.20. The third-order valence-electron chi connectivity index (χ3n) is 4.19. The van der Waals surface area contributed by atoms with E-state index in [4.69, 9.17) is 14.0 Å². The number of pyridine rings is 1. The van der Waals surface area contributed by atoms with Gasteiger partial charge in [-0.1, -0.05) is 5.16 Å². The predicted molar refractivity (Wildman–Crippen MR) is 89.7 cm³/mol. The first-order valence-corrected chi connectivity index (χ1v) is 8.37. The maximum absolute atomic E-state index is 5.78. The number of aromatic nitrogens is 3. The first kappa shape index (κ1) is 16.9. The van der Waals surface area contributed by atoms with Gasteiger partial charge in [-0.3, -0.25) is 0 Å². The highest BCUT2D eigenvalue weighted by atomic mass is 16.5. The molecule has 0 spiro atoms. The Morgan fingerprint density at radius 1 is 1.33 bits per heavy atom. The molecular formula is C17H24N4O3. The molecule has 0 N–H and O–H groups in total. The minimum Gasteiger partial charge on any atom is -0.378 e. The molecule has 0 aliphatic carbocycles. The average Bonchev–Trinajstić information content (AvgIpc) is 3.10. The molecule has 1 saturated heterocycles. The van der Waals surface area contributed by atoms with Crippen LogP contribution < -0.4 is 4.90 Å². The molecule has 7 nitrogen and oxygen atoms in total. The van der Waals surface area contributed by atoms with Gasteiger partial charge in [0.25, 0.3) is 5.89 Å². The summed E-state index contributed by atoms with van der Waals surface area (Å²) in [5.41, 5.74) is 0.803. The molecule has 24 heavy (non-hydrogen) atoms. The predicted octanol–water partition coefficient (Wildman–Crippen LogP) is 2.67. The van der Waals surface area contributed by atoms with Crippen LogP contribution in [0.25, 0.3) is 11.5 Å². The van der Waals surface area contributed by atoms with Gasteiger partial charge in [-0.05, 0) is 37.8 Å². The first-order chi connectivity index (χ1) is 11.8. The molecule has 0 amide bonds. The maximum atomic E-state index is 5.78. The zero-order valence-electron chi connectivity index (χ0n) is 14.3. The molecule has 0 aromatic carbocycles. The Balaban J connectivity index is 1.56. The van der Waals surface area contributed by atoms with Crippen LogP contribution in [0.15, 0.2) is 22.9 Å². The Morgan fingerprint density at radius 3 is 2.96 bits per heavy atom. The van der Waals surface area contributed by atoms with Gasteiger partial charge >= 0.3 is 0 Å². The maximum Gasteiger partial charge on any atom is 0.259 e. The Morgan fingerprint density at radius 2 is 2.25 bits per heavy atom. The molecule has 0 bridgehead atoms. The first-order valence-electron chi connectivity index (χ1n) is 8.37. The van der Waals surface area contributed by atoms with Crippen molar-refractivity contribution >= 4 is 5.82 Å². The SMILES string of the molecule is COCc1noc(-c2ccc(N(C)CCC3CCCCO3)nc2)n1. The Bertz CT molecular complexity index is 623. The molecular weight excluding hydrogens is 308 g/mol. The monoisotopic (exact) mass is 332 g/mol. The lowest BCUT2D eigenvalue weighted by molar-refractivity contribution is 0.0126. The zero-order valence-corrected chi connectivity index (χ0v) is 14.3. The van der Waals surface area contributed by atoms with Crippen molar-refractivity contribution in [2.24, 2.45) is 0 Å². The number of hydrogen-bond donors (Lipinski definition) is 0. The van der Waals surface area contributed by atoms with Crippen molar-refractivity contribution in [1.82, 2.24) is 15.1 Å². The molecule has 1 atom stereocenters. The fourth-order valence-electron chi connectivity index (χ4n) is 2.78. The summed E-state index contributed by atoms with van der Waals surface area (Å²) in [4.78, 5) is 10.9. The lowest BCUT2D eigenvalue weighted by Crippen LogP contribution is -2.27. The smallest absolute Gasteiger partial charge is 0.259 e. The van der Waals surface area contributed by atoms with Crippen molar-refractivity contribution < 1.29 is 14.0 Å². The minimum absolute atomic E-state index is 0.334. The summed E-state index contributed by atoms with van der Waals surface area (Å²) in [6.45, 7) is 2.16. The number of methoxy groups -OCH3 is 1. The van der Waals surface area contributed by atoms with Crippen LogP contribution in [0.2, 0.25) is 0 Å². The van der Waals surface area contributed by atoms with Gasteiger partial charge in [-0.25, -0.2) is 4.98 Å². The fraction of sp³-hybridized carbons (Fsp3) is 0.588. The number of rotatable bonds is 7. The lowest BCUT2D eigenvalue weighted by Gasteiger charge is -2.25. The van der Waals surface area contributed by atoms with Gasteiger partial charge in [-0.15, -0.1) is 0 Å². The van der Waals surface area contributed by atoms with Gasteiger partial charge in [0.1, 0.15) is 12.4 Å². The molecule has 130 valence electrons. The summed E-state index contributed by atoms with van der Waals surface area (Å²) in [5, 5.41) is 3.86. The van der Waals surface area contributed by atoms with Crippen molar-refractivity contribution in [1.29, 1.82) is 0 Å². The van der Waals surface area contributed by atoms with Gasteiger partial charge in [-0.2, -0.15) is 4.98 Å². The van der Waals surface area contributed by atoms with E-state index in [-0.39, 0.29) is 0 Å². The van der Waals surface area contributed by atoms with Crippen LogP contribution in [-0.4, -0.2) is 48.5 Å². The van der Waals surface area contributed by atoms with Crippen LogP contribution in [0.3, 0.4) is 0 Å². The second-order valence-corrected chi connectivity index (χ2v) is 6.05. The van der Waals surface area contributed by atoms with Gasteiger partial charge in [0.05, 0.1) is 11.7 Å². The molecule has 3 heterocycles. The normalized spacial score (nSPS) is 17.8. The van der Waals surface area contributed by atoms with E-state index < -0.39 is 0 Å². The molecule has 3 rings (SSSR count). The average molecular weight is 332 g/mol. The molecule has 1 aliphatic heterocycles. The van der Waals surface area contributed by atoms with E-state index in [1.807, 2.05) is 19.2 Å². The molecule has 2 aromatic heterocycles. The molecule has 1 aliphatic rings. The Kier molecular flexibility index (Phi) is 5.77. The summed E-state index contributed by atoms with van der Waals surface area (Å²) < 4.78 is 16.0. The summed E-state index contributed by atoms with van der Waals surface area (Å²) in [6.07, 6.45) is 6.81. The van der Waals surface area contributed by atoms with Crippen LogP contribution >= 0.6 is 0 Å². The highest BCUT2D eigenvalue weighted by molar-refractivity contribution is 5.54. The van der Waals surface area contributed by atoms with Crippen LogP contribution in [0.4, 0.5) is 5.82 Å². The van der Waals surface area contributed by atoms with E-state index in [0.717, 1.165) is 31.0 Å². The summed E-state index contributed by atoms with van der Waals surface area (Å²) >= 11 is 0. The van der Waals surface area contributed by atoms with Crippen LogP contribution in [-0.2, 0) is 16.1 Å². The van der Waals surface area contributed by atoms with Gasteiger partial charge in [0.15, 0.2) is 5.82 Å². The molecule has 0 saturated carbocycles. The van der Waals surface area contributed by atoms with Crippen LogP contribution in [0.5, 0.6) is 0 Å². The number of ether oxygens (including phenoxy) is 2. The second kappa shape index (κ2) is 8.21. The molecule has 1 unspecified atom stereocenters. The minimum atomic E-state index is 0.334. The highest BCUT2D eigenvalue weighted by Gasteiger charge is 2.15. The Labute approximate surface area is 142 Å². The van der Waals surface area contributed by atoms with E-state index in [0.29, 0.717) is 24.4 Å². The van der Waals surface area contributed by atoms with Crippen molar-refractivity contribution in [3.8, 4) is 11.5 Å². The lowest BCUT2D eigenvalue weighted by atomic mass is 10.1. The topological polar surface area (TPSA) is 73.5 Å². The van der Waals surface area contributed by atoms with E-state index in [1.54, 1.807) is 13.3 Å². The molecule has 1 fully saturated rings. The quantitative estimate of drug-likeness (QED) is 0.771. The van der Waals surface area contributed by atoms with Gasteiger partial charge in [0, 0.05) is 33.5 Å². The van der Waals surface area contributed by atoms with E-state index in [2.05, 4.69) is 20.0 Å².